The van der Waals surface area contributed by atoms with E-state index in [1.807, 2.05) is 27.7 Å². The highest BCUT2D eigenvalue weighted by Crippen LogP contribution is 2.20. The number of aliphatic hydroxyl groups excluding tert-OH is 3. The van der Waals surface area contributed by atoms with Crippen molar-refractivity contribution in [3.63, 3.8) is 0 Å². The average molecular weight is 797 g/mol. The van der Waals surface area contributed by atoms with E-state index in [-0.39, 0.29) is 54.3 Å². The van der Waals surface area contributed by atoms with Crippen LogP contribution in [0, 0.1) is 18.8 Å². The van der Waals surface area contributed by atoms with Crippen molar-refractivity contribution < 1.29 is 51.9 Å². The molecule has 0 aromatic heterocycles. The Labute approximate surface area is 256 Å². The molecule has 0 spiro atoms. The van der Waals surface area contributed by atoms with Gasteiger partial charge in [0.1, 0.15) is 0 Å². The van der Waals surface area contributed by atoms with Crippen molar-refractivity contribution in [2.45, 2.75) is 91.3 Å². The van der Waals surface area contributed by atoms with Crippen LogP contribution in [-0.4, -0.2) is 59.7 Å². The second-order valence-corrected chi connectivity index (χ2v) is 14.3. The van der Waals surface area contributed by atoms with Crippen molar-refractivity contribution in [1.29, 1.82) is 0 Å². The van der Waals surface area contributed by atoms with Crippen LogP contribution in [0.5, 0.6) is 0 Å². The van der Waals surface area contributed by atoms with Crippen molar-refractivity contribution in [3.8, 4) is 0 Å². The molecule has 1 aromatic carbocycles. The summed E-state index contributed by atoms with van der Waals surface area (Å²) in [7, 11) is -0.338. The first-order valence-corrected chi connectivity index (χ1v) is 18.7. The Morgan fingerprint density at radius 1 is 0.917 bits per heavy atom. The Morgan fingerprint density at radius 3 is 1.64 bits per heavy atom. The maximum atomic E-state index is 11.7. The minimum Gasteiger partial charge on any atom is -1.00 e. The Hall–Kier alpha value is 1.33. The zero-order chi connectivity index (χ0) is 27.9. The van der Waals surface area contributed by atoms with Crippen molar-refractivity contribution >= 4 is 49.9 Å². The first-order chi connectivity index (χ1) is 16.2. The average Bonchev–Trinajstić information content (AvgIpc) is 2.73. The second kappa shape index (κ2) is 29.3. The summed E-state index contributed by atoms with van der Waals surface area (Å²) in [4.78, 5) is 0.224. The van der Waals surface area contributed by atoms with Crippen LogP contribution in [0.15, 0.2) is 29.2 Å². The lowest BCUT2D eigenvalue weighted by molar-refractivity contribution is -0.0000186. The largest absolute Gasteiger partial charge is 1.00 e. The molecule has 6 nitrogen and oxygen atoms in total. The van der Waals surface area contributed by atoms with Crippen molar-refractivity contribution in [2.24, 2.45) is 11.8 Å². The topological polar surface area (TPSA) is 104 Å². The van der Waals surface area contributed by atoms with Gasteiger partial charge in [-0.2, -0.15) is 8.42 Å². The zero-order valence-electron chi connectivity index (χ0n) is 23.2. The Balaban J connectivity index is -0.000000214. The molecule has 0 heterocycles. The standard InChI is InChI=1S/C12H18O3S.C5H11I.C4H10O2.C4H12OP2.HI/c1-10(2)8-9-15-16(13,14)12-6-4-11(3)5-7-12;1-5(2)3-4-6;1-4(6)2-3-5;1-4(5)2-3-7-6;/h4-7,10H,8-9H2,1-3H3;5H,3-4H2,1-2H3;4-6H,2-3H2,1H3;4-5,7H,2-3,6H2,1H3;1H/t;;2*4-;/m..11./s1. The van der Waals surface area contributed by atoms with Gasteiger partial charge in [-0.1, -0.05) is 68.0 Å². The van der Waals surface area contributed by atoms with E-state index in [0.717, 1.165) is 24.3 Å². The van der Waals surface area contributed by atoms with Crippen LogP contribution in [0.2, 0.25) is 0 Å². The van der Waals surface area contributed by atoms with Crippen LogP contribution in [0.1, 0.15) is 72.8 Å². The summed E-state index contributed by atoms with van der Waals surface area (Å²) < 4.78 is 29.6. The van der Waals surface area contributed by atoms with Crippen LogP contribution in [0.4, 0.5) is 0 Å². The van der Waals surface area contributed by atoms with E-state index < -0.39 is 10.1 Å². The smallest absolute Gasteiger partial charge is 0.296 e. The summed E-state index contributed by atoms with van der Waals surface area (Å²) in [5.74, 6) is 1.33. The number of benzene rings is 1. The van der Waals surface area contributed by atoms with Gasteiger partial charge in [-0.25, -0.2) is 0 Å². The van der Waals surface area contributed by atoms with Crippen LogP contribution in [-0.2, 0) is 14.3 Å². The molecule has 0 bridgehead atoms. The third-order valence-corrected chi connectivity index (χ3v) is 7.84. The SMILES string of the molecule is CC(C)CCI.C[C@@H](O)CCO.C[C@@H](O)CC[PH2+]P.Cc1ccc(S(=O)(=O)OCCC(C)C)cc1.[I-]. The molecule has 0 aliphatic heterocycles. The molecule has 4 atom stereocenters. The van der Waals surface area contributed by atoms with Crippen molar-refractivity contribution in [3.05, 3.63) is 29.8 Å². The Morgan fingerprint density at radius 2 is 1.39 bits per heavy atom. The summed E-state index contributed by atoms with van der Waals surface area (Å²) in [5.41, 5.74) is 1.03. The lowest BCUT2D eigenvalue weighted by Crippen LogP contribution is -3.00. The fourth-order valence-corrected chi connectivity index (χ4v) is 5.33. The molecule has 0 saturated carbocycles. The Bertz CT molecular complexity index is 664. The number of hydrogen-bond donors (Lipinski definition) is 3. The first-order valence-electron chi connectivity index (χ1n) is 12.3. The minimum absolute atomic E-state index is 0. The summed E-state index contributed by atoms with van der Waals surface area (Å²) >= 11 is 2.40. The van der Waals surface area contributed by atoms with Gasteiger partial charge in [-0.15, -0.1) is 0 Å². The first kappa shape index (κ1) is 44.4. The highest BCUT2D eigenvalue weighted by molar-refractivity contribution is 14.1. The highest BCUT2D eigenvalue weighted by Gasteiger charge is 2.14. The van der Waals surface area contributed by atoms with Gasteiger partial charge >= 0.3 is 0 Å². The van der Waals surface area contributed by atoms with Gasteiger partial charge in [0, 0.05) is 30.2 Å². The van der Waals surface area contributed by atoms with Gasteiger partial charge in [-0.3, -0.25) is 4.18 Å². The molecule has 11 heteroatoms. The van der Waals surface area contributed by atoms with Gasteiger partial charge in [0.25, 0.3) is 10.1 Å². The van der Waals surface area contributed by atoms with E-state index in [9.17, 15) is 8.42 Å². The molecule has 1 rings (SSSR count). The van der Waals surface area contributed by atoms with Crippen molar-refractivity contribution in [1.82, 2.24) is 0 Å². The molecule has 2 unspecified atom stereocenters. The lowest BCUT2D eigenvalue weighted by atomic mass is 10.2. The van der Waals surface area contributed by atoms with Gasteiger partial charge in [-0.05, 0) is 68.4 Å². The molecule has 218 valence electrons. The molecule has 1 aromatic rings. The van der Waals surface area contributed by atoms with E-state index in [1.54, 1.807) is 31.2 Å². The van der Waals surface area contributed by atoms with E-state index >= 15 is 0 Å². The summed E-state index contributed by atoms with van der Waals surface area (Å²) in [5, 5.41) is 25.2. The third kappa shape index (κ3) is 35.3. The predicted molar refractivity (Wildman–Crippen MR) is 166 cm³/mol. The van der Waals surface area contributed by atoms with Crippen LogP contribution in [0.3, 0.4) is 0 Å². The molecular weight excluding hydrogens is 744 g/mol. The molecule has 0 aliphatic rings. The summed E-state index contributed by atoms with van der Waals surface area (Å²) in [6.45, 7) is 14.3. The van der Waals surface area contributed by atoms with Gasteiger partial charge in [0.05, 0.1) is 29.9 Å². The number of hydrogen-bond acceptors (Lipinski definition) is 6. The lowest BCUT2D eigenvalue weighted by Gasteiger charge is -2.07. The fourth-order valence-electron chi connectivity index (χ4n) is 1.91. The normalized spacial score (nSPS) is 12.5. The third-order valence-electron chi connectivity index (χ3n) is 4.23. The van der Waals surface area contributed by atoms with Crippen LogP contribution < -0.4 is 24.0 Å². The van der Waals surface area contributed by atoms with E-state index in [2.05, 4.69) is 45.4 Å². The quantitative estimate of drug-likeness (QED) is 0.130. The maximum Gasteiger partial charge on any atom is 0.296 e. The maximum absolute atomic E-state index is 11.7. The van der Waals surface area contributed by atoms with Crippen molar-refractivity contribution in [2.75, 3.05) is 23.8 Å². The van der Waals surface area contributed by atoms with E-state index in [4.69, 9.17) is 19.5 Å². The zero-order valence-corrected chi connectivity index (χ0v) is 30.6. The molecule has 3 N–H and O–H groups in total. The van der Waals surface area contributed by atoms with E-state index in [1.165, 1.54) is 17.0 Å². The number of aliphatic hydroxyl groups is 3. The molecule has 36 heavy (non-hydrogen) atoms. The molecule has 0 saturated heterocycles. The molecule has 0 amide bonds. The molecular formula is C25H52I2O6P2S. The number of aryl methyl sites for hydroxylation is 1. The highest BCUT2D eigenvalue weighted by atomic mass is 127. The van der Waals surface area contributed by atoms with Gasteiger partial charge in [0.15, 0.2) is 0 Å². The predicted octanol–water partition coefficient (Wildman–Crippen LogP) is 2.93. The number of rotatable bonds is 12. The Kier molecular flexibility index (Phi) is 36.1. The summed E-state index contributed by atoms with van der Waals surface area (Å²) in [6, 6.07) is 6.66. The number of alkyl halides is 1. The molecule has 0 aliphatic carbocycles. The monoisotopic (exact) mass is 796 g/mol. The van der Waals surface area contributed by atoms with Gasteiger partial charge in [0.2, 0.25) is 0 Å². The minimum atomic E-state index is -3.57. The van der Waals surface area contributed by atoms with Crippen LogP contribution in [0.25, 0.3) is 0 Å². The second-order valence-electron chi connectivity index (χ2n) is 9.17. The number of halogens is 2. The van der Waals surface area contributed by atoms with Gasteiger partial charge < -0.3 is 39.3 Å². The van der Waals surface area contributed by atoms with E-state index in [0.29, 0.717) is 20.6 Å². The van der Waals surface area contributed by atoms with Crippen LogP contribution >= 0.6 is 39.8 Å². The molecule has 0 radical (unpaired) electrons. The summed E-state index contributed by atoms with van der Waals surface area (Å²) in [6.07, 6.45) is 4.32. The molecule has 0 fully saturated rings. The fraction of sp³-hybridized carbons (Fsp3) is 0.760.